The van der Waals surface area contributed by atoms with Gasteiger partial charge in [-0.2, -0.15) is 8.42 Å². The number of benzene rings is 2. The number of nitrogens with zero attached hydrogens (tertiary/aromatic N) is 2. The average Bonchev–Trinajstić information content (AvgIpc) is 3.26. The van der Waals surface area contributed by atoms with E-state index in [1.165, 1.54) is 6.07 Å². The maximum absolute atomic E-state index is 15.2. The molecule has 0 saturated carbocycles. The molecule has 2 fully saturated rings. The van der Waals surface area contributed by atoms with Gasteiger partial charge in [-0.3, -0.25) is 4.79 Å². The first-order valence-corrected chi connectivity index (χ1v) is 11.8. The van der Waals surface area contributed by atoms with Gasteiger partial charge < -0.3 is 9.64 Å². The third kappa shape index (κ3) is 4.99. The summed E-state index contributed by atoms with van der Waals surface area (Å²) in [6.07, 6.45) is 2.71. The summed E-state index contributed by atoms with van der Waals surface area (Å²) in [6.45, 7) is 1.77. The molecule has 2 saturated heterocycles. The SMILES string of the molecule is CN1CCC(CCc2cc(F)c(N3CC(=O)NS3(=O)=O)c(OCc3ccccc3)c2)C1. The van der Waals surface area contributed by atoms with Crippen molar-refractivity contribution in [3.8, 4) is 5.75 Å². The van der Waals surface area contributed by atoms with Crippen molar-refractivity contribution in [2.24, 2.45) is 5.92 Å². The predicted octanol–water partition coefficient (Wildman–Crippen LogP) is 2.47. The molecule has 0 radical (unpaired) electrons. The number of halogens is 1. The highest BCUT2D eigenvalue weighted by molar-refractivity contribution is 7.92. The number of ether oxygens (including phenoxy) is 1. The lowest BCUT2D eigenvalue weighted by atomic mass is 9.98. The number of nitrogens with one attached hydrogen (secondary N) is 1. The van der Waals surface area contributed by atoms with Crippen LogP contribution in [0.5, 0.6) is 5.75 Å². The minimum atomic E-state index is -4.15. The zero-order valence-electron chi connectivity index (χ0n) is 17.4. The normalized spacial score (nSPS) is 20.8. The molecular weight excluding hydrogens is 421 g/mol. The summed E-state index contributed by atoms with van der Waals surface area (Å²) in [5.41, 5.74) is 1.38. The van der Waals surface area contributed by atoms with Gasteiger partial charge >= 0.3 is 10.2 Å². The Morgan fingerprint density at radius 2 is 1.97 bits per heavy atom. The zero-order chi connectivity index (χ0) is 22.0. The molecule has 2 aromatic rings. The maximum Gasteiger partial charge on any atom is 0.326 e. The van der Waals surface area contributed by atoms with Crippen molar-refractivity contribution < 1.29 is 22.3 Å². The Balaban J connectivity index is 1.61. The second-order valence-corrected chi connectivity index (χ2v) is 9.79. The summed E-state index contributed by atoms with van der Waals surface area (Å²) in [7, 11) is -2.06. The molecule has 31 heavy (non-hydrogen) atoms. The third-order valence-corrected chi connectivity index (χ3v) is 7.10. The molecule has 1 N–H and O–H groups in total. The lowest BCUT2D eigenvalue weighted by Gasteiger charge is -2.21. The van der Waals surface area contributed by atoms with Gasteiger partial charge in [0.25, 0.3) is 5.91 Å². The summed E-state index contributed by atoms with van der Waals surface area (Å²) in [6, 6.07) is 12.4. The topological polar surface area (TPSA) is 79.0 Å². The summed E-state index contributed by atoms with van der Waals surface area (Å²) in [4.78, 5) is 14.0. The Labute approximate surface area is 182 Å². The van der Waals surface area contributed by atoms with Gasteiger partial charge in [0, 0.05) is 6.54 Å². The molecule has 0 spiro atoms. The number of aryl methyl sites for hydroxylation is 1. The first kappa shape index (κ1) is 21.6. The Hall–Kier alpha value is -2.65. The average molecular weight is 448 g/mol. The number of amides is 1. The van der Waals surface area contributed by atoms with Gasteiger partial charge in [-0.25, -0.2) is 13.4 Å². The Kier molecular flexibility index (Phi) is 6.15. The van der Waals surface area contributed by atoms with Crippen LogP contribution in [0.15, 0.2) is 42.5 Å². The fourth-order valence-corrected chi connectivity index (χ4v) is 5.30. The molecule has 0 aliphatic carbocycles. The van der Waals surface area contributed by atoms with E-state index in [0.717, 1.165) is 41.4 Å². The highest BCUT2D eigenvalue weighted by Crippen LogP contribution is 2.37. The van der Waals surface area contributed by atoms with Gasteiger partial charge in [-0.05, 0) is 62.0 Å². The third-order valence-electron chi connectivity index (χ3n) is 5.73. The van der Waals surface area contributed by atoms with Crippen molar-refractivity contribution in [2.75, 3.05) is 31.0 Å². The number of carbonyl (C=O) groups excluding carboxylic acids is 1. The highest BCUT2D eigenvalue weighted by atomic mass is 32.2. The summed E-state index contributed by atoms with van der Waals surface area (Å²) in [5, 5.41) is 0. The number of hydrogen-bond acceptors (Lipinski definition) is 5. The van der Waals surface area contributed by atoms with E-state index in [0.29, 0.717) is 12.3 Å². The minimum Gasteiger partial charge on any atom is -0.487 e. The van der Waals surface area contributed by atoms with Crippen LogP contribution in [-0.2, 0) is 28.0 Å². The molecule has 2 aliphatic rings. The van der Waals surface area contributed by atoms with E-state index in [1.807, 2.05) is 35.1 Å². The first-order chi connectivity index (χ1) is 14.8. The molecule has 9 heteroatoms. The van der Waals surface area contributed by atoms with Crippen LogP contribution >= 0.6 is 0 Å². The lowest BCUT2D eigenvalue weighted by molar-refractivity contribution is -0.117. The Morgan fingerprint density at radius 3 is 2.61 bits per heavy atom. The van der Waals surface area contributed by atoms with Crippen LogP contribution in [0.1, 0.15) is 24.0 Å². The van der Waals surface area contributed by atoms with Gasteiger partial charge in [-0.15, -0.1) is 0 Å². The molecule has 7 nitrogen and oxygen atoms in total. The predicted molar refractivity (Wildman–Crippen MR) is 116 cm³/mol. The van der Waals surface area contributed by atoms with Crippen molar-refractivity contribution in [3.63, 3.8) is 0 Å². The van der Waals surface area contributed by atoms with E-state index in [-0.39, 0.29) is 18.0 Å². The molecule has 2 aromatic carbocycles. The van der Waals surface area contributed by atoms with Crippen molar-refractivity contribution in [1.29, 1.82) is 0 Å². The minimum absolute atomic E-state index is 0.113. The van der Waals surface area contributed by atoms with Crippen molar-refractivity contribution in [1.82, 2.24) is 9.62 Å². The van der Waals surface area contributed by atoms with Crippen LogP contribution < -0.4 is 13.8 Å². The van der Waals surface area contributed by atoms with Crippen LogP contribution in [0.3, 0.4) is 0 Å². The molecule has 4 rings (SSSR count). The fraction of sp³-hybridized carbons (Fsp3) is 0.409. The van der Waals surface area contributed by atoms with Gasteiger partial charge in [-0.1, -0.05) is 30.3 Å². The molecule has 2 heterocycles. The molecule has 0 aromatic heterocycles. The second-order valence-electron chi connectivity index (χ2n) is 8.19. The molecule has 2 aliphatic heterocycles. The molecule has 0 bridgehead atoms. The molecule has 1 atom stereocenters. The largest absolute Gasteiger partial charge is 0.487 e. The number of anilines is 1. The van der Waals surface area contributed by atoms with Crippen molar-refractivity contribution >= 4 is 21.8 Å². The number of likely N-dealkylation sites (tertiary alicyclic amines) is 1. The Bertz CT molecular complexity index is 1060. The maximum atomic E-state index is 15.2. The summed E-state index contributed by atoms with van der Waals surface area (Å²) in [5.74, 6) is -0.753. The van der Waals surface area contributed by atoms with E-state index < -0.39 is 28.5 Å². The molecule has 1 amide bonds. The highest BCUT2D eigenvalue weighted by Gasteiger charge is 2.37. The van der Waals surface area contributed by atoms with Crippen LogP contribution in [0, 0.1) is 11.7 Å². The van der Waals surface area contributed by atoms with Gasteiger partial charge in [0.1, 0.15) is 24.6 Å². The smallest absolute Gasteiger partial charge is 0.326 e. The number of carbonyl (C=O) groups is 1. The van der Waals surface area contributed by atoms with Gasteiger partial charge in [0.05, 0.1) is 0 Å². The summed E-state index contributed by atoms with van der Waals surface area (Å²) < 4.78 is 48.4. The van der Waals surface area contributed by atoms with E-state index >= 15 is 4.39 Å². The van der Waals surface area contributed by atoms with E-state index in [1.54, 1.807) is 6.07 Å². The second kappa shape index (κ2) is 8.84. The van der Waals surface area contributed by atoms with Crippen molar-refractivity contribution in [2.45, 2.75) is 25.9 Å². The molecule has 1 unspecified atom stereocenters. The van der Waals surface area contributed by atoms with Gasteiger partial charge in [0.15, 0.2) is 5.82 Å². The zero-order valence-corrected chi connectivity index (χ0v) is 18.2. The summed E-state index contributed by atoms with van der Waals surface area (Å²) >= 11 is 0. The number of rotatable bonds is 7. The van der Waals surface area contributed by atoms with Crippen LogP contribution in [0.4, 0.5) is 10.1 Å². The lowest BCUT2D eigenvalue weighted by Crippen LogP contribution is -2.30. The molecule has 166 valence electrons. The van der Waals surface area contributed by atoms with E-state index in [2.05, 4.69) is 11.9 Å². The van der Waals surface area contributed by atoms with Crippen molar-refractivity contribution in [3.05, 3.63) is 59.4 Å². The standard InChI is InChI=1S/C22H26FN3O4S/c1-25-10-9-16(13-25)7-8-18-11-19(23)22(26-14-21(27)24-31(26,28)29)20(12-18)30-15-17-5-3-2-4-6-17/h2-6,11-12,16H,7-10,13-15H2,1H3,(H,24,27). The Morgan fingerprint density at radius 1 is 1.19 bits per heavy atom. The number of hydrogen-bond donors (Lipinski definition) is 1. The van der Waals surface area contributed by atoms with Crippen LogP contribution in [0.2, 0.25) is 0 Å². The van der Waals surface area contributed by atoms with E-state index in [9.17, 15) is 13.2 Å². The first-order valence-electron chi connectivity index (χ1n) is 10.3. The monoisotopic (exact) mass is 447 g/mol. The molecular formula is C22H26FN3O4S. The van der Waals surface area contributed by atoms with Crippen LogP contribution in [-0.4, -0.2) is 45.9 Å². The quantitative estimate of drug-likeness (QED) is 0.706. The van der Waals surface area contributed by atoms with Gasteiger partial charge in [0.2, 0.25) is 0 Å². The van der Waals surface area contributed by atoms with E-state index in [4.69, 9.17) is 4.74 Å². The van der Waals surface area contributed by atoms with Crippen LogP contribution in [0.25, 0.3) is 0 Å². The fourth-order valence-electron chi connectivity index (χ4n) is 4.14.